The lowest BCUT2D eigenvalue weighted by molar-refractivity contribution is -0.119. The minimum atomic E-state index is -0.344. The van der Waals surface area contributed by atoms with Gasteiger partial charge in [0.05, 0.1) is 38.9 Å². The van der Waals surface area contributed by atoms with Crippen LogP contribution in [0.1, 0.15) is 23.1 Å². The van der Waals surface area contributed by atoms with Gasteiger partial charge in [-0.05, 0) is 43.3 Å². The number of imidazole rings is 1. The molecule has 1 N–H and O–H groups in total. The van der Waals surface area contributed by atoms with Crippen LogP contribution in [0.5, 0.6) is 17.2 Å². The molecule has 9 nitrogen and oxygen atoms in total. The first kappa shape index (κ1) is 25.6. The second-order valence-corrected chi connectivity index (χ2v) is 8.17. The van der Waals surface area contributed by atoms with E-state index < -0.39 is 0 Å². The molecule has 0 fully saturated rings. The summed E-state index contributed by atoms with van der Waals surface area (Å²) in [5.74, 6) is 1.31. The lowest BCUT2D eigenvalue weighted by Gasteiger charge is -2.22. The van der Waals surface area contributed by atoms with Crippen molar-refractivity contribution < 1.29 is 23.8 Å². The summed E-state index contributed by atoms with van der Waals surface area (Å²) in [7, 11) is 4.49. The Kier molecular flexibility index (Phi) is 7.92. The van der Waals surface area contributed by atoms with Gasteiger partial charge in [0.25, 0.3) is 5.91 Å². The number of ether oxygens (including phenoxy) is 3. The quantitative estimate of drug-likeness (QED) is 0.352. The number of anilines is 1. The van der Waals surface area contributed by atoms with Crippen molar-refractivity contribution in [2.75, 3.05) is 32.8 Å². The molecule has 192 valence electrons. The second-order valence-electron chi connectivity index (χ2n) is 8.17. The third-order valence-electron chi connectivity index (χ3n) is 6.05. The zero-order chi connectivity index (χ0) is 26.4. The highest BCUT2D eigenvalue weighted by Crippen LogP contribution is 2.38. The maximum absolute atomic E-state index is 13.3. The van der Waals surface area contributed by atoms with Gasteiger partial charge in [0.2, 0.25) is 11.7 Å². The lowest BCUT2D eigenvalue weighted by atomic mass is 10.1. The van der Waals surface area contributed by atoms with Gasteiger partial charge in [-0.25, -0.2) is 4.98 Å². The number of nitrogens with zero attached hydrogens (tertiary/aromatic N) is 3. The molecule has 0 atom stereocenters. The summed E-state index contributed by atoms with van der Waals surface area (Å²) in [6.45, 7) is 2.67. The van der Waals surface area contributed by atoms with Crippen LogP contribution >= 0.6 is 0 Å². The van der Waals surface area contributed by atoms with Gasteiger partial charge in [-0.1, -0.05) is 30.3 Å². The zero-order valence-corrected chi connectivity index (χ0v) is 21.4. The Balaban J connectivity index is 1.59. The van der Waals surface area contributed by atoms with Crippen molar-refractivity contribution in [1.82, 2.24) is 14.9 Å². The van der Waals surface area contributed by atoms with Crippen LogP contribution in [0.25, 0.3) is 11.0 Å². The Morgan fingerprint density at radius 2 is 1.57 bits per heavy atom. The van der Waals surface area contributed by atoms with Crippen LogP contribution in [-0.4, -0.2) is 49.2 Å². The third-order valence-corrected chi connectivity index (χ3v) is 6.05. The average molecular weight is 503 g/mol. The molecule has 0 saturated heterocycles. The lowest BCUT2D eigenvalue weighted by Crippen LogP contribution is -2.34. The average Bonchev–Trinajstić information content (AvgIpc) is 3.28. The van der Waals surface area contributed by atoms with Crippen molar-refractivity contribution in [2.24, 2.45) is 0 Å². The van der Waals surface area contributed by atoms with E-state index in [1.807, 2.05) is 66.1 Å². The topological polar surface area (TPSA) is 94.9 Å². The number of hydrogen-bond donors (Lipinski definition) is 1. The van der Waals surface area contributed by atoms with Crippen molar-refractivity contribution in [2.45, 2.75) is 20.0 Å². The Hall–Kier alpha value is -4.53. The van der Waals surface area contributed by atoms with E-state index in [1.165, 1.54) is 21.3 Å². The number of likely N-dealkylation sites (N-methyl/N-ethyl adjacent to an activating group) is 1. The monoisotopic (exact) mass is 502 g/mol. The van der Waals surface area contributed by atoms with Crippen LogP contribution in [0.15, 0.2) is 66.7 Å². The van der Waals surface area contributed by atoms with E-state index in [-0.39, 0.29) is 24.9 Å². The number of nitrogens with one attached hydrogen (secondary N) is 1. The largest absolute Gasteiger partial charge is 0.493 e. The molecular weight excluding hydrogens is 472 g/mol. The van der Waals surface area contributed by atoms with Crippen LogP contribution in [0.2, 0.25) is 0 Å². The number of carbonyl (C=O) groups excluding carboxylic acids is 2. The number of hydrogen-bond acceptors (Lipinski definition) is 6. The van der Waals surface area contributed by atoms with E-state index >= 15 is 0 Å². The first-order valence-corrected chi connectivity index (χ1v) is 11.9. The molecule has 1 heterocycles. The van der Waals surface area contributed by atoms with Gasteiger partial charge in [-0.15, -0.1) is 0 Å². The fourth-order valence-corrected chi connectivity index (χ4v) is 4.24. The van der Waals surface area contributed by atoms with Crippen LogP contribution in [0.3, 0.4) is 0 Å². The van der Waals surface area contributed by atoms with Crippen molar-refractivity contribution in [3.05, 3.63) is 78.1 Å². The Morgan fingerprint density at radius 1 is 0.919 bits per heavy atom. The Morgan fingerprint density at radius 3 is 2.19 bits per heavy atom. The number of rotatable bonds is 10. The highest BCUT2D eigenvalue weighted by atomic mass is 16.5. The van der Waals surface area contributed by atoms with Crippen LogP contribution in [0, 0.1) is 0 Å². The SMILES string of the molecule is CCN(C(=O)Cn1c(CNC(=O)c2cc(OC)c(OC)c(OC)c2)nc2ccccc21)c1ccccc1. The molecule has 0 spiro atoms. The fraction of sp³-hybridized carbons (Fsp3) is 0.250. The number of amides is 2. The van der Waals surface area contributed by atoms with Crippen LogP contribution in [0.4, 0.5) is 5.69 Å². The molecule has 0 unspecified atom stereocenters. The van der Waals surface area contributed by atoms with Crippen molar-refractivity contribution in [1.29, 1.82) is 0 Å². The van der Waals surface area contributed by atoms with Crippen LogP contribution in [-0.2, 0) is 17.9 Å². The van der Waals surface area contributed by atoms with Gasteiger partial charge < -0.3 is 29.0 Å². The van der Waals surface area contributed by atoms with Crippen LogP contribution < -0.4 is 24.4 Å². The summed E-state index contributed by atoms with van der Waals surface area (Å²) in [6.07, 6.45) is 0. The van der Waals surface area contributed by atoms with Crippen molar-refractivity contribution in [3.8, 4) is 17.2 Å². The summed E-state index contributed by atoms with van der Waals surface area (Å²) in [5.41, 5.74) is 2.73. The van der Waals surface area contributed by atoms with Gasteiger partial charge in [0.1, 0.15) is 12.4 Å². The second kappa shape index (κ2) is 11.5. The number of aromatic nitrogens is 2. The van der Waals surface area contributed by atoms with Gasteiger partial charge >= 0.3 is 0 Å². The van der Waals surface area contributed by atoms with E-state index in [4.69, 9.17) is 19.2 Å². The van der Waals surface area contributed by atoms with Gasteiger partial charge in [-0.3, -0.25) is 9.59 Å². The molecule has 0 saturated carbocycles. The molecule has 37 heavy (non-hydrogen) atoms. The highest BCUT2D eigenvalue weighted by Gasteiger charge is 2.20. The maximum Gasteiger partial charge on any atom is 0.251 e. The molecule has 4 aromatic rings. The predicted octanol–water partition coefficient (Wildman–Crippen LogP) is 4.05. The van der Waals surface area contributed by atoms with Gasteiger partial charge in [0, 0.05) is 17.8 Å². The van der Waals surface area contributed by atoms with Gasteiger partial charge in [-0.2, -0.15) is 0 Å². The molecule has 4 rings (SSSR count). The van der Waals surface area contributed by atoms with E-state index in [2.05, 4.69) is 5.32 Å². The molecule has 2 amide bonds. The number of para-hydroxylation sites is 3. The number of carbonyl (C=O) groups is 2. The molecular formula is C28H30N4O5. The zero-order valence-electron chi connectivity index (χ0n) is 21.4. The molecule has 0 bridgehead atoms. The van der Waals surface area contributed by atoms with Gasteiger partial charge in [0.15, 0.2) is 11.5 Å². The van der Waals surface area contributed by atoms with E-state index in [0.29, 0.717) is 35.2 Å². The third kappa shape index (κ3) is 5.35. The summed E-state index contributed by atoms with van der Waals surface area (Å²) < 4.78 is 17.9. The molecule has 1 aromatic heterocycles. The molecule has 0 aliphatic rings. The summed E-state index contributed by atoms with van der Waals surface area (Å²) >= 11 is 0. The van der Waals surface area contributed by atoms with Crippen molar-refractivity contribution >= 4 is 28.5 Å². The fourth-order valence-electron chi connectivity index (χ4n) is 4.24. The van der Waals surface area contributed by atoms with Crippen molar-refractivity contribution in [3.63, 3.8) is 0 Å². The first-order chi connectivity index (χ1) is 18.0. The molecule has 0 aliphatic carbocycles. The number of fused-ring (bicyclic) bond motifs is 1. The number of benzene rings is 3. The molecule has 0 aliphatic heterocycles. The van der Waals surface area contributed by atoms with E-state index in [0.717, 1.165) is 16.7 Å². The predicted molar refractivity (Wildman–Crippen MR) is 141 cm³/mol. The minimum absolute atomic E-state index is 0.0749. The Labute approximate surface area is 215 Å². The van der Waals surface area contributed by atoms with E-state index in [1.54, 1.807) is 17.0 Å². The standard InChI is InChI=1S/C28H30N4O5/c1-5-31(20-11-7-6-8-12-20)26(33)18-32-22-14-10-9-13-21(22)30-25(32)17-29-28(34)19-15-23(35-2)27(37-4)24(16-19)36-3/h6-16H,5,17-18H2,1-4H3,(H,29,34). The van der Waals surface area contributed by atoms with E-state index in [9.17, 15) is 9.59 Å². The highest BCUT2D eigenvalue weighted by molar-refractivity contribution is 5.96. The maximum atomic E-state index is 13.3. The Bertz CT molecular complexity index is 1380. The molecule has 3 aromatic carbocycles. The summed E-state index contributed by atoms with van der Waals surface area (Å²) in [6, 6.07) is 20.3. The first-order valence-electron chi connectivity index (χ1n) is 11.9. The molecule has 9 heteroatoms. The minimum Gasteiger partial charge on any atom is -0.493 e. The normalized spacial score (nSPS) is 10.7. The molecule has 0 radical (unpaired) electrons. The smallest absolute Gasteiger partial charge is 0.251 e. The summed E-state index contributed by atoms with van der Waals surface area (Å²) in [4.78, 5) is 32.8. The summed E-state index contributed by atoms with van der Waals surface area (Å²) in [5, 5.41) is 2.91. The number of methoxy groups -OCH3 is 3.